The van der Waals surface area contributed by atoms with Crippen LogP contribution in [0.4, 0.5) is 0 Å². The summed E-state index contributed by atoms with van der Waals surface area (Å²) >= 11 is 0. The number of aliphatic carboxylic acids is 1. The number of ether oxygens (including phenoxy) is 1. The molecule has 1 unspecified atom stereocenters. The number of carboxylic acids is 1. The second-order valence-electron chi connectivity index (χ2n) is 6.56. The third kappa shape index (κ3) is 4.39. The van der Waals surface area contributed by atoms with Gasteiger partial charge in [-0.15, -0.1) is 0 Å². The van der Waals surface area contributed by atoms with Gasteiger partial charge < -0.3 is 20.1 Å². The summed E-state index contributed by atoms with van der Waals surface area (Å²) in [6, 6.07) is 7.98. The molecule has 0 aliphatic carbocycles. The molecular weight excluding hydrogens is 320 g/mol. The van der Waals surface area contributed by atoms with Crippen molar-refractivity contribution in [2.24, 2.45) is 11.8 Å². The highest BCUT2D eigenvalue weighted by atomic mass is 16.5. The molecule has 2 heterocycles. The second kappa shape index (κ2) is 8.16. The number of aromatic amines is 1. The van der Waals surface area contributed by atoms with Crippen LogP contribution in [0.5, 0.6) is 0 Å². The summed E-state index contributed by atoms with van der Waals surface area (Å²) in [6.45, 7) is 1.39. The summed E-state index contributed by atoms with van der Waals surface area (Å²) in [5.74, 6) is -1.42. The lowest BCUT2D eigenvalue weighted by atomic mass is 9.86. The van der Waals surface area contributed by atoms with E-state index in [-0.39, 0.29) is 18.4 Å². The van der Waals surface area contributed by atoms with Crippen LogP contribution in [0.25, 0.3) is 10.9 Å². The molecule has 6 heteroatoms. The Morgan fingerprint density at radius 1 is 1.28 bits per heavy atom. The van der Waals surface area contributed by atoms with Crippen molar-refractivity contribution in [2.45, 2.75) is 25.7 Å². The molecule has 0 saturated carbocycles. The van der Waals surface area contributed by atoms with Crippen molar-refractivity contribution in [3.8, 4) is 0 Å². The number of amides is 1. The Bertz CT molecular complexity index is 734. The van der Waals surface area contributed by atoms with Crippen LogP contribution in [0.2, 0.25) is 0 Å². The predicted octanol–water partition coefficient (Wildman–Crippen LogP) is 2.34. The maximum atomic E-state index is 12.1. The average molecular weight is 344 g/mol. The monoisotopic (exact) mass is 344 g/mol. The molecule has 25 heavy (non-hydrogen) atoms. The van der Waals surface area contributed by atoms with Crippen LogP contribution in [-0.2, 0) is 20.7 Å². The maximum absolute atomic E-state index is 12.1. The van der Waals surface area contributed by atoms with Gasteiger partial charge in [0.15, 0.2) is 0 Å². The van der Waals surface area contributed by atoms with Gasteiger partial charge in [-0.3, -0.25) is 9.59 Å². The first-order valence-electron chi connectivity index (χ1n) is 8.77. The number of H-pyrrole nitrogens is 1. The molecule has 134 valence electrons. The number of benzene rings is 1. The van der Waals surface area contributed by atoms with Gasteiger partial charge >= 0.3 is 5.97 Å². The van der Waals surface area contributed by atoms with Gasteiger partial charge in [0.2, 0.25) is 5.91 Å². The van der Waals surface area contributed by atoms with Crippen LogP contribution in [0.15, 0.2) is 30.5 Å². The third-order valence-electron chi connectivity index (χ3n) is 4.97. The Morgan fingerprint density at radius 3 is 2.80 bits per heavy atom. The van der Waals surface area contributed by atoms with Gasteiger partial charge in [0.1, 0.15) is 0 Å². The fraction of sp³-hybridized carbons (Fsp3) is 0.474. The standard InChI is InChI=1S/C19H24N2O4/c22-18(6-5-14-11-20-17-4-2-1-3-15(14)17)21-12-16(19(23)24)13-7-9-25-10-8-13/h1-4,11,13,16,20H,5-10,12H2,(H,21,22)(H,23,24). The van der Waals surface area contributed by atoms with Crippen molar-refractivity contribution >= 4 is 22.8 Å². The van der Waals surface area contributed by atoms with Crippen LogP contribution >= 0.6 is 0 Å². The molecule has 1 fully saturated rings. The van der Waals surface area contributed by atoms with Crippen molar-refractivity contribution in [2.75, 3.05) is 19.8 Å². The average Bonchev–Trinajstić information content (AvgIpc) is 3.04. The van der Waals surface area contributed by atoms with E-state index in [1.165, 1.54) is 0 Å². The van der Waals surface area contributed by atoms with E-state index in [0.29, 0.717) is 26.1 Å². The number of aryl methyl sites for hydroxylation is 1. The van der Waals surface area contributed by atoms with Gasteiger partial charge in [0.25, 0.3) is 0 Å². The van der Waals surface area contributed by atoms with Crippen molar-refractivity contribution in [1.82, 2.24) is 10.3 Å². The minimum absolute atomic E-state index is 0.0696. The molecule has 1 aromatic heterocycles. The summed E-state index contributed by atoms with van der Waals surface area (Å²) in [5, 5.41) is 13.4. The zero-order chi connectivity index (χ0) is 17.6. The number of para-hydroxylation sites is 1. The van der Waals surface area contributed by atoms with Crippen LogP contribution in [0, 0.1) is 11.8 Å². The van der Waals surface area contributed by atoms with Crippen molar-refractivity contribution in [1.29, 1.82) is 0 Å². The molecule has 1 aliphatic heterocycles. The Balaban J connectivity index is 1.50. The molecule has 0 radical (unpaired) electrons. The van der Waals surface area contributed by atoms with E-state index >= 15 is 0 Å². The van der Waals surface area contributed by atoms with E-state index in [1.807, 2.05) is 30.5 Å². The lowest BCUT2D eigenvalue weighted by Crippen LogP contribution is -2.39. The molecule has 1 saturated heterocycles. The smallest absolute Gasteiger partial charge is 0.308 e. The van der Waals surface area contributed by atoms with Crippen LogP contribution in [-0.4, -0.2) is 41.7 Å². The maximum Gasteiger partial charge on any atom is 0.308 e. The molecule has 1 aromatic carbocycles. The van der Waals surface area contributed by atoms with Crippen molar-refractivity contribution in [3.63, 3.8) is 0 Å². The zero-order valence-corrected chi connectivity index (χ0v) is 14.2. The van der Waals surface area contributed by atoms with Gasteiger partial charge in [-0.25, -0.2) is 0 Å². The second-order valence-corrected chi connectivity index (χ2v) is 6.56. The van der Waals surface area contributed by atoms with Crippen LogP contribution in [0.1, 0.15) is 24.8 Å². The van der Waals surface area contributed by atoms with Gasteiger partial charge in [0.05, 0.1) is 5.92 Å². The highest BCUT2D eigenvalue weighted by Gasteiger charge is 2.29. The Kier molecular flexibility index (Phi) is 5.71. The fourth-order valence-electron chi connectivity index (χ4n) is 3.47. The normalized spacial score (nSPS) is 16.6. The Hall–Kier alpha value is -2.34. The number of aromatic nitrogens is 1. The fourth-order valence-corrected chi connectivity index (χ4v) is 3.47. The molecule has 6 nitrogen and oxygen atoms in total. The summed E-state index contributed by atoms with van der Waals surface area (Å²) in [6.07, 6.45) is 4.39. The first-order chi connectivity index (χ1) is 12.1. The number of hydrogen-bond acceptors (Lipinski definition) is 3. The highest BCUT2D eigenvalue weighted by molar-refractivity contribution is 5.84. The van der Waals surface area contributed by atoms with Crippen molar-refractivity contribution in [3.05, 3.63) is 36.0 Å². The first-order valence-corrected chi connectivity index (χ1v) is 8.77. The van der Waals surface area contributed by atoms with Gasteiger partial charge in [-0.2, -0.15) is 0 Å². The Labute approximate surface area is 146 Å². The minimum atomic E-state index is -0.844. The summed E-state index contributed by atoms with van der Waals surface area (Å²) < 4.78 is 5.29. The lowest BCUT2D eigenvalue weighted by molar-refractivity contribution is -0.144. The zero-order valence-electron chi connectivity index (χ0n) is 14.2. The number of carbonyl (C=O) groups is 2. The van der Waals surface area contributed by atoms with E-state index in [2.05, 4.69) is 10.3 Å². The minimum Gasteiger partial charge on any atom is -0.481 e. The number of nitrogens with one attached hydrogen (secondary N) is 2. The van der Waals surface area contributed by atoms with Gasteiger partial charge in [-0.1, -0.05) is 18.2 Å². The molecule has 0 bridgehead atoms. The first kappa shape index (κ1) is 17.5. The molecule has 1 atom stereocenters. The number of hydrogen-bond donors (Lipinski definition) is 3. The number of carboxylic acid groups (broad SMARTS) is 1. The number of fused-ring (bicyclic) bond motifs is 1. The van der Waals surface area contributed by atoms with Gasteiger partial charge in [0, 0.05) is 43.3 Å². The van der Waals surface area contributed by atoms with E-state index in [9.17, 15) is 14.7 Å². The third-order valence-corrected chi connectivity index (χ3v) is 4.97. The SMILES string of the molecule is O=C(CCc1c[nH]c2ccccc12)NCC(C(=O)O)C1CCOCC1. The van der Waals surface area contributed by atoms with E-state index in [4.69, 9.17) is 4.74 Å². The van der Waals surface area contributed by atoms with E-state index in [0.717, 1.165) is 29.3 Å². The molecule has 0 spiro atoms. The molecule has 1 amide bonds. The molecule has 1 aliphatic rings. The van der Waals surface area contributed by atoms with Crippen molar-refractivity contribution < 1.29 is 19.4 Å². The summed E-state index contributed by atoms with van der Waals surface area (Å²) in [4.78, 5) is 26.9. The molecular formula is C19H24N2O4. The van der Waals surface area contributed by atoms with Crippen LogP contribution in [0.3, 0.4) is 0 Å². The summed E-state index contributed by atoms with van der Waals surface area (Å²) in [5.41, 5.74) is 2.16. The highest BCUT2D eigenvalue weighted by Crippen LogP contribution is 2.24. The number of carbonyl (C=O) groups excluding carboxylic acids is 1. The Morgan fingerprint density at radius 2 is 2.04 bits per heavy atom. The van der Waals surface area contributed by atoms with E-state index < -0.39 is 11.9 Å². The molecule has 2 aromatic rings. The number of rotatable bonds is 7. The summed E-state index contributed by atoms with van der Waals surface area (Å²) in [7, 11) is 0. The van der Waals surface area contributed by atoms with Crippen LogP contribution < -0.4 is 5.32 Å². The largest absolute Gasteiger partial charge is 0.481 e. The lowest BCUT2D eigenvalue weighted by Gasteiger charge is -2.27. The topological polar surface area (TPSA) is 91.4 Å². The van der Waals surface area contributed by atoms with Gasteiger partial charge in [-0.05, 0) is 36.8 Å². The van der Waals surface area contributed by atoms with E-state index in [1.54, 1.807) is 0 Å². The quantitative estimate of drug-likeness (QED) is 0.719. The predicted molar refractivity (Wildman–Crippen MR) is 94.3 cm³/mol. The molecule has 3 N–H and O–H groups in total. The molecule has 3 rings (SSSR count).